The number of nitrogens with one attached hydrogen (secondary N) is 1. The summed E-state index contributed by atoms with van der Waals surface area (Å²) in [6.07, 6.45) is 3.74. The molecule has 0 unspecified atom stereocenters. The maximum Gasteiger partial charge on any atom is 0.355 e. The molecule has 1 aromatic rings. The van der Waals surface area contributed by atoms with Crippen molar-refractivity contribution in [3.63, 3.8) is 0 Å². The molecular weight excluding hydrogens is 266 g/mol. The molecule has 1 aliphatic rings. The standard InChI is InChI=1S/C12H17N3O3S/c16-10(11-14-9(8-19-11)12(17)18)13-4-7-15-5-2-1-3-6-15/h8H,1-7H2,(H,13,16)(H,17,18). The van der Waals surface area contributed by atoms with Crippen molar-refractivity contribution in [3.05, 3.63) is 16.1 Å². The van der Waals surface area contributed by atoms with Crippen molar-refractivity contribution in [1.82, 2.24) is 15.2 Å². The van der Waals surface area contributed by atoms with E-state index in [1.807, 2.05) is 0 Å². The van der Waals surface area contributed by atoms with Crippen LogP contribution in [0.5, 0.6) is 0 Å². The molecule has 0 aliphatic carbocycles. The summed E-state index contributed by atoms with van der Waals surface area (Å²) in [7, 11) is 0. The van der Waals surface area contributed by atoms with Crippen molar-refractivity contribution >= 4 is 23.2 Å². The number of aromatic nitrogens is 1. The molecule has 1 fully saturated rings. The number of carbonyl (C=O) groups is 2. The second-order valence-corrected chi connectivity index (χ2v) is 5.36. The zero-order valence-electron chi connectivity index (χ0n) is 10.6. The number of carboxylic acids is 1. The molecule has 2 N–H and O–H groups in total. The summed E-state index contributed by atoms with van der Waals surface area (Å²) in [5, 5.41) is 13.1. The molecule has 0 atom stereocenters. The highest BCUT2D eigenvalue weighted by Gasteiger charge is 2.15. The van der Waals surface area contributed by atoms with Crippen molar-refractivity contribution in [1.29, 1.82) is 0 Å². The number of piperidine rings is 1. The van der Waals surface area contributed by atoms with Crippen LogP contribution in [0.3, 0.4) is 0 Å². The Morgan fingerprint density at radius 1 is 1.37 bits per heavy atom. The first-order valence-electron chi connectivity index (χ1n) is 6.36. The van der Waals surface area contributed by atoms with Gasteiger partial charge >= 0.3 is 5.97 Å². The van der Waals surface area contributed by atoms with E-state index in [1.165, 1.54) is 24.6 Å². The minimum atomic E-state index is -1.11. The average Bonchev–Trinajstić information content (AvgIpc) is 2.89. The molecule has 0 saturated carbocycles. The number of carbonyl (C=O) groups excluding carboxylic acids is 1. The monoisotopic (exact) mass is 283 g/mol. The Balaban J connectivity index is 1.75. The molecule has 1 aliphatic heterocycles. The number of hydrogen-bond donors (Lipinski definition) is 2. The fourth-order valence-corrected chi connectivity index (χ4v) is 2.77. The Labute approximate surface area is 115 Å². The van der Waals surface area contributed by atoms with Crippen LogP contribution < -0.4 is 5.32 Å². The fourth-order valence-electron chi connectivity index (χ4n) is 2.06. The number of rotatable bonds is 5. The molecule has 0 spiro atoms. The predicted molar refractivity (Wildman–Crippen MR) is 71.7 cm³/mol. The highest BCUT2D eigenvalue weighted by Crippen LogP contribution is 2.10. The topological polar surface area (TPSA) is 82.5 Å². The predicted octanol–water partition coefficient (Wildman–Crippen LogP) is 1.06. The Morgan fingerprint density at radius 3 is 2.74 bits per heavy atom. The summed E-state index contributed by atoms with van der Waals surface area (Å²) in [6.45, 7) is 3.59. The second kappa shape index (κ2) is 6.63. The van der Waals surface area contributed by atoms with Crippen molar-refractivity contribution in [2.24, 2.45) is 0 Å². The summed E-state index contributed by atoms with van der Waals surface area (Å²) in [5.74, 6) is -1.40. The number of nitrogens with zero attached hydrogens (tertiary/aromatic N) is 2. The number of amides is 1. The first-order chi connectivity index (χ1) is 9.16. The number of thiazole rings is 1. The van der Waals surface area contributed by atoms with Crippen LogP contribution in [0.25, 0.3) is 0 Å². The summed E-state index contributed by atoms with van der Waals surface area (Å²) in [5.41, 5.74) is -0.0776. The van der Waals surface area contributed by atoms with Gasteiger partial charge in [-0.05, 0) is 25.9 Å². The van der Waals surface area contributed by atoms with E-state index in [9.17, 15) is 9.59 Å². The third-order valence-corrected chi connectivity index (χ3v) is 3.92. The van der Waals surface area contributed by atoms with Crippen LogP contribution in [0.4, 0.5) is 0 Å². The zero-order chi connectivity index (χ0) is 13.7. The molecule has 2 heterocycles. The Bertz CT molecular complexity index is 455. The third kappa shape index (κ3) is 4.00. The lowest BCUT2D eigenvalue weighted by Crippen LogP contribution is -2.37. The lowest BCUT2D eigenvalue weighted by molar-refractivity contribution is 0.0691. The zero-order valence-corrected chi connectivity index (χ0v) is 11.4. The van der Waals surface area contributed by atoms with E-state index in [2.05, 4.69) is 15.2 Å². The van der Waals surface area contributed by atoms with Crippen LogP contribution >= 0.6 is 11.3 Å². The molecule has 6 nitrogen and oxygen atoms in total. The highest BCUT2D eigenvalue weighted by atomic mass is 32.1. The molecule has 1 saturated heterocycles. The van der Waals surface area contributed by atoms with E-state index in [4.69, 9.17) is 5.11 Å². The van der Waals surface area contributed by atoms with Gasteiger partial charge in [0, 0.05) is 18.5 Å². The number of hydrogen-bond acceptors (Lipinski definition) is 5. The van der Waals surface area contributed by atoms with Crippen molar-refractivity contribution < 1.29 is 14.7 Å². The third-order valence-electron chi connectivity index (χ3n) is 3.08. The quantitative estimate of drug-likeness (QED) is 0.844. The Hall–Kier alpha value is -1.47. The first-order valence-corrected chi connectivity index (χ1v) is 7.24. The van der Waals surface area contributed by atoms with Crippen molar-refractivity contribution in [3.8, 4) is 0 Å². The van der Waals surface area contributed by atoms with E-state index in [0.29, 0.717) is 6.54 Å². The molecular formula is C12H17N3O3S. The summed E-state index contributed by atoms with van der Waals surface area (Å²) in [4.78, 5) is 28.5. The molecule has 19 heavy (non-hydrogen) atoms. The average molecular weight is 283 g/mol. The van der Waals surface area contributed by atoms with Gasteiger partial charge in [-0.15, -0.1) is 11.3 Å². The van der Waals surface area contributed by atoms with E-state index < -0.39 is 5.97 Å². The lowest BCUT2D eigenvalue weighted by Gasteiger charge is -2.26. The van der Waals surface area contributed by atoms with Crippen LogP contribution in [-0.4, -0.2) is 53.0 Å². The molecule has 1 aromatic heterocycles. The van der Waals surface area contributed by atoms with Gasteiger partial charge in [0.25, 0.3) is 5.91 Å². The van der Waals surface area contributed by atoms with Crippen LogP contribution in [-0.2, 0) is 0 Å². The van der Waals surface area contributed by atoms with Crippen LogP contribution in [0.2, 0.25) is 0 Å². The lowest BCUT2D eigenvalue weighted by atomic mass is 10.1. The number of aromatic carboxylic acids is 1. The fraction of sp³-hybridized carbons (Fsp3) is 0.583. The number of likely N-dealkylation sites (tertiary alicyclic amines) is 1. The van der Waals surface area contributed by atoms with Gasteiger partial charge in [-0.3, -0.25) is 4.79 Å². The van der Waals surface area contributed by atoms with Gasteiger partial charge < -0.3 is 15.3 Å². The molecule has 7 heteroatoms. The van der Waals surface area contributed by atoms with Crippen molar-refractivity contribution in [2.75, 3.05) is 26.2 Å². The van der Waals surface area contributed by atoms with Gasteiger partial charge in [-0.2, -0.15) is 0 Å². The SMILES string of the molecule is O=C(O)c1csc(C(=O)NCCN2CCCCC2)n1. The van der Waals surface area contributed by atoms with Crippen molar-refractivity contribution in [2.45, 2.75) is 19.3 Å². The normalized spacial score (nSPS) is 16.2. The van der Waals surface area contributed by atoms with Gasteiger partial charge in [-0.1, -0.05) is 6.42 Å². The molecule has 0 aromatic carbocycles. The van der Waals surface area contributed by atoms with E-state index >= 15 is 0 Å². The summed E-state index contributed by atoms with van der Waals surface area (Å²) < 4.78 is 0. The summed E-state index contributed by atoms with van der Waals surface area (Å²) >= 11 is 1.05. The maximum absolute atomic E-state index is 11.7. The minimum absolute atomic E-state index is 0.0776. The van der Waals surface area contributed by atoms with E-state index in [0.717, 1.165) is 31.0 Å². The largest absolute Gasteiger partial charge is 0.476 e. The van der Waals surface area contributed by atoms with Crippen LogP contribution in [0, 0.1) is 0 Å². The van der Waals surface area contributed by atoms with Gasteiger partial charge in [0.2, 0.25) is 0 Å². The van der Waals surface area contributed by atoms with E-state index in [1.54, 1.807) is 0 Å². The maximum atomic E-state index is 11.7. The minimum Gasteiger partial charge on any atom is -0.476 e. The molecule has 0 bridgehead atoms. The Kier molecular flexibility index (Phi) is 4.86. The summed E-state index contributed by atoms with van der Waals surface area (Å²) in [6, 6.07) is 0. The van der Waals surface area contributed by atoms with Crippen LogP contribution in [0.1, 0.15) is 39.6 Å². The smallest absolute Gasteiger partial charge is 0.355 e. The second-order valence-electron chi connectivity index (χ2n) is 4.50. The molecule has 104 valence electrons. The van der Waals surface area contributed by atoms with Gasteiger partial charge in [0.05, 0.1) is 0 Å². The van der Waals surface area contributed by atoms with E-state index in [-0.39, 0.29) is 16.6 Å². The Morgan fingerprint density at radius 2 is 2.11 bits per heavy atom. The molecule has 0 radical (unpaired) electrons. The van der Waals surface area contributed by atoms with Gasteiger partial charge in [-0.25, -0.2) is 9.78 Å². The van der Waals surface area contributed by atoms with Gasteiger partial charge in [0.15, 0.2) is 10.7 Å². The van der Waals surface area contributed by atoms with Crippen LogP contribution in [0.15, 0.2) is 5.38 Å². The molecule has 2 rings (SSSR count). The number of carboxylic acid groups (broad SMARTS) is 1. The highest BCUT2D eigenvalue weighted by molar-refractivity contribution is 7.11. The first kappa shape index (κ1) is 14.0. The van der Waals surface area contributed by atoms with Gasteiger partial charge in [0.1, 0.15) is 0 Å². The molecule has 1 amide bonds.